The van der Waals surface area contributed by atoms with E-state index in [9.17, 15) is 8.42 Å². The van der Waals surface area contributed by atoms with Crippen LogP contribution >= 0.6 is 39.5 Å². The van der Waals surface area contributed by atoms with Gasteiger partial charge in [0.05, 0.1) is 10.6 Å². The van der Waals surface area contributed by atoms with Crippen molar-refractivity contribution in [2.24, 2.45) is 5.73 Å². The van der Waals surface area contributed by atoms with E-state index in [1.165, 1.54) is 6.07 Å². The van der Waals surface area contributed by atoms with E-state index in [0.717, 1.165) is 27.8 Å². The Bertz CT molecular complexity index is 784. The molecule has 112 valence electrons. The molecule has 0 radical (unpaired) electrons. The van der Waals surface area contributed by atoms with E-state index in [1.54, 1.807) is 18.2 Å². The molecule has 1 aromatic carbocycles. The number of anilines is 1. The number of nitrogens with one attached hydrogen (secondary N) is 1. The summed E-state index contributed by atoms with van der Waals surface area (Å²) in [7, 11) is -3.63. The van der Waals surface area contributed by atoms with Crippen LogP contribution in [0.4, 0.5) is 5.69 Å². The van der Waals surface area contributed by atoms with Crippen molar-refractivity contribution >= 4 is 60.2 Å². The monoisotopic (exact) mass is 404 g/mol. The Hall–Kier alpha value is -0.960. The summed E-state index contributed by atoms with van der Waals surface area (Å²) in [6.07, 6.45) is 0.722. The molecule has 4 nitrogen and oxygen atoms in total. The molecule has 0 amide bonds. The third-order valence-corrected chi connectivity index (χ3v) is 6.60. The highest BCUT2D eigenvalue weighted by atomic mass is 79.9. The number of sulfonamides is 1. The highest BCUT2D eigenvalue weighted by molar-refractivity contribution is 9.10. The lowest BCUT2D eigenvalue weighted by Gasteiger charge is -2.11. The van der Waals surface area contributed by atoms with Gasteiger partial charge in [-0.3, -0.25) is 4.72 Å². The first-order chi connectivity index (χ1) is 9.83. The minimum atomic E-state index is -3.63. The molecule has 3 N–H and O–H groups in total. The molecule has 2 aromatic rings. The number of halogens is 1. The van der Waals surface area contributed by atoms with Gasteiger partial charge in [0.2, 0.25) is 0 Å². The standard InChI is InChI=1S/C13H13BrN2O2S3/c1-2-8-7-9(14)3-4-10(8)16-21(17,18)12-6-5-11(20-12)13(15)19/h3-7,16H,2H2,1H3,(H2,15,19). The highest BCUT2D eigenvalue weighted by Crippen LogP contribution is 2.27. The van der Waals surface area contributed by atoms with Crippen molar-refractivity contribution in [2.45, 2.75) is 17.6 Å². The van der Waals surface area contributed by atoms with E-state index in [-0.39, 0.29) is 9.20 Å². The van der Waals surface area contributed by atoms with E-state index >= 15 is 0 Å². The molecule has 1 heterocycles. The molecule has 0 fully saturated rings. The molecule has 0 bridgehead atoms. The highest BCUT2D eigenvalue weighted by Gasteiger charge is 2.19. The lowest BCUT2D eigenvalue weighted by Crippen LogP contribution is -2.13. The molecule has 0 unspecified atom stereocenters. The minimum absolute atomic E-state index is 0.190. The van der Waals surface area contributed by atoms with Crippen molar-refractivity contribution in [1.82, 2.24) is 0 Å². The maximum Gasteiger partial charge on any atom is 0.271 e. The molecule has 0 aliphatic carbocycles. The van der Waals surface area contributed by atoms with E-state index in [4.69, 9.17) is 18.0 Å². The molecule has 21 heavy (non-hydrogen) atoms. The Morgan fingerprint density at radius 2 is 2.10 bits per heavy atom. The fourth-order valence-corrected chi connectivity index (χ4v) is 4.61. The summed E-state index contributed by atoms with van der Waals surface area (Å²) in [5.74, 6) is 0. The second-order valence-corrected chi connectivity index (χ2v) is 8.59. The van der Waals surface area contributed by atoms with Crippen molar-refractivity contribution in [3.8, 4) is 0 Å². The summed E-state index contributed by atoms with van der Waals surface area (Å²) in [5, 5.41) is 0. The topological polar surface area (TPSA) is 72.2 Å². The van der Waals surface area contributed by atoms with Gasteiger partial charge in [-0.05, 0) is 42.3 Å². The number of hydrogen-bond acceptors (Lipinski definition) is 4. The normalized spacial score (nSPS) is 11.3. The van der Waals surface area contributed by atoms with E-state index in [0.29, 0.717) is 10.6 Å². The van der Waals surface area contributed by atoms with Crippen LogP contribution in [0.5, 0.6) is 0 Å². The molecule has 0 saturated carbocycles. The number of rotatable bonds is 5. The lowest BCUT2D eigenvalue weighted by atomic mass is 10.1. The van der Waals surface area contributed by atoms with Crippen molar-refractivity contribution < 1.29 is 8.42 Å². The Morgan fingerprint density at radius 3 is 2.67 bits per heavy atom. The number of thiocarbonyl (C=S) groups is 1. The van der Waals surface area contributed by atoms with Gasteiger partial charge >= 0.3 is 0 Å². The van der Waals surface area contributed by atoms with Crippen LogP contribution in [0, 0.1) is 0 Å². The third kappa shape index (κ3) is 3.82. The van der Waals surface area contributed by atoms with Gasteiger partial charge < -0.3 is 5.73 Å². The van der Waals surface area contributed by atoms with Gasteiger partial charge in [0.25, 0.3) is 10.0 Å². The molecule has 0 spiro atoms. The van der Waals surface area contributed by atoms with Gasteiger partial charge in [-0.25, -0.2) is 8.42 Å². The number of nitrogens with two attached hydrogens (primary N) is 1. The van der Waals surface area contributed by atoms with Crippen LogP contribution in [-0.4, -0.2) is 13.4 Å². The summed E-state index contributed by atoms with van der Waals surface area (Å²) in [6.45, 7) is 1.97. The number of thiophene rings is 1. The molecule has 2 rings (SSSR count). The minimum Gasteiger partial charge on any atom is -0.389 e. The molecule has 1 aromatic heterocycles. The Kier molecular flexibility index (Phi) is 5.03. The fourth-order valence-electron chi connectivity index (χ4n) is 1.75. The van der Waals surface area contributed by atoms with Crippen molar-refractivity contribution in [3.05, 3.63) is 45.2 Å². The molecular weight excluding hydrogens is 392 g/mol. The molecule has 8 heteroatoms. The largest absolute Gasteiger partial charge is 0.389 e. The number of aryl methyl sites for hydroxylation is 1. The predicted octanol–water partition coefficient (Wildman–Crippen LogP) is 3.51. The van der Waals surface area contributed by atoms with Gasteiger partial charge in [-0.2, -0.15) is 0 Å². The Morgan fingerprint density at radius 1 is 1.38 bits per heavy atom. The second-order valence-electron chi connectivity index (χ2n) is 4.24. The van der Waals surface area contributed by atoms with Crippen molar-refractivity contribution in [1.29, 1.82) is 0 Å². The van der Waals surface area contributed by atoms with Crippen molar-refractivity contribution in [2.75, 3.05) is 4.72 Å². The van der Waals surface area contributed by atoms with Crippen LogP contribution in [0.2, 0.25) is 0 Å². The van der Waals surface area contributed by atoms with Gasteiger partial charge in [-0.15, -0.1) is 11.3 Å². The summed E-state index contributed by atoms with van der Waals surface area (Å²) in [4.78, 5) is 0.774. The van der Waals surface area contributed by atoms with E-state index in [1.807, 2.05) is 13.0 Å². The molecule has 0 saturated heterocycles. The zero-order valence-electron chi connectivity index (χ0n) is 11.1. The van der Waals surface area contributed by atoms with Crippen LogP contribution in [-0.2, 0) is 16.4 Å². The molecule has 0 aliphatic heterocycles. The summed E-state index contributed by atoms with van der Waals surface area (Å²) >= 11 is 9.28. The average Bonchev–Trinajstić information content (AvgIpc) is 2.91. The van der Waals surface area contributed by atoms with Gasteiger partial charge in [0, 0.05) is 4.47 Å². The number of benzene rings is 1. The fraction of sp³-hybridized carbons (Fsp3) is 0.154. The van der Waals surface area contributed by atoms with E-state index < -0.39 is 10.0 Å². The first-order valence-corrected chi connectivity index (χ1v) is 9.54. The zero-order chi connectivity index (χ0) is 15.6. The summed E-state index contributed by atoms with van der Waals surface area (Å²) < 4.78 is 28.5. The molecule has 0 atom stereocenters. The van der Waals surface area contributed by atoms with Crippen LogP contribution in [0.3, 0.4) is 0 Å². The second kappa shape index (κ2) is 6.43. The first-order valence-electron chi connectivity index (χ1n) is 6.04. The maximum absolute atomic E-state index is 12.4. The number of hydrogen-bond donors (Lipinski definition) is 2. The first kappa shape index (κ1) is 16.4. The summed E-state index contributed by atoms with van der Waals surface area (Å²) in [6, 6.07) is 8.55. The van der Waals surface area contributed by atoms with E-state index in [2.05, 4.69) is 20.7 Å². The maximum atomic E-state index is 12.4. The van der Waals surface area contributed by atoms with Crippen LogP contribution < -0.4 is 10.5 Å². The predicted molar refractivity (Wildman–Crippen MR) is 94.5 cm³/mol. The van der Waals surface area contributed by atoms with Crippen LogP contribution in [0.25, 0.3) is 0 Å². The van der Waals surface area contributed by atoms with Crippen LogP contribution in [0.15, 0.2) is 39.0 Å². The zero-order valence-corrected chi connectivity index (χ0v) is 15.1. The molecular formula is C13H13BrN2O2S3. The summed E-state index contributed by atoms with van der Waals surface area (Å²) in [5.41, 5.74) is 7.00. The van der Waals surface area contributed by atoms with Gasteiger partial charge in [-0.1, -0.05) is 35.1 Å². The Balaban J connectivity index is 2.35. The smallest absolute Gasteiger partial charge is 0.271 e. The average molecular weight is 405 g/mol. The lowest BCUT2D eigenvalue weighted by molar-refractivity contribution is 0.603. The van der Waals surface area contributed by atoms with Crippen molar-refractivity contribution in [3.63, 3.8) is 0 Å². The van der Waals surface area contributed by atoms with Crippen LogP contribution in [0.1, 0.15) is 17.4 Å². The quantitative estimate of drug-likeness (QED) is 0.747. The molecule has 0 aliphatic rings. The van der Waals surface area contributed by atoms with Gasteiger partial charge in [0.1, 0.15) is 9.20 Å². The Labute approximate surface area is 141 Å². The third-order valence-electron chi connectivity index (χ3n) is 2.78. The van der Waals surface area contributed by atoms with Gasteiger partial charge in [0.15, 0.2) is 0 Å². The SMILES string of the molecule is CCc1cc(Br)ccc1NS(=O)(=O)c1ccc(C(N)=S)s1.